The minimum Gasteiger partial charge on any atom is -0.322 e. The van der Waals surface area contributed by atoms with E-state index in [9.17, 15) is 14.4 Å². The average Bonchev–Trinajstić information content (AvgIpc) is 2.92. The van der Waals surface area contributed by atoms with Gasteiger partial charge in [-0.2, -0.15) is 0 Å². The fraction of sp³-hybridized carbons (Fsp3) is 0.143. The van der Waals surface area contributed by atoms with Crippen molar-refractivity contribution in [3.05, 3.63) is 71.4 Å². The summed E-state index contributed by atoms with van der Waals surface area (Å²) in [7, 11) is 0. The summed E-state index contributed by atoms with van der Waals surface area (Å²) in [6, 6.07) is 14.9. The molecule has 6 nitrogen and oxygen atoms in total. The van der Waals surface area contributed by atoms with Crippen LogP contribution in [0.2, 0.25) is 0 Å². The first-order valence-corrected chi connectivity index (χ1v) is 8.61. The van der Waals surface area contributed by atoms with Crippen molar-refractivity contribution in [1.82, 2.24) is 9.88 Å². The third kappa shape index (κ3) is 2.75. The highest BCUT2D eigenvalue weighted by Gasteiger charge is 2.40. The van der Waals surface area contributed by atoms with Gasteiger partial charge in [0.2, 0.25) is 5.91 Å². The summed E-state index contributed by atoms with van der Waals surface area (Å²) < 4.78 is 0. The monoisotopic (exact) mass is 359 g/mol. The predicted octanol–water partition coefficient (Wildman–Crippen LogP) is 3.17. The number of aryl methyl sites for hydroxylation is 1. The SMILES string of the molecule is Cc1ccc2cccc(NC(=O)C(C)N3C(=O)c4ccccc4C3=O)c2n1. The first kappa shape index (κ1) is 16.9. The van der Waals surface area contributed by atoms with Crippen LogP contribution in [0.3, 0.4) is 0 Å². The van der Waals surface area contributed by atoms with E-state index in [0.717, 1.165) is 16.0 Å². The number of fused-ring (bicyclic) bond motifs is 2. The fourth-order valence-electron chi connectivity index (χ4n) is 3.26. The largest absolute Gasteiger partial charge is 0.322 e. The van der Waals surface area contributed by atoms with E-state index in [2.05, 4.69) is 10.3 Å². The molecule has 1 aliphatic heterocycles. The Balaban J connectivity index is 1.62. The van der Waals surface area contributed by atoms with Crippen molar-refractivity contribution in [2.45, 2.75) is 19.9 Å². The number of hydrogen-bond acceptors (Lipinski definition) is 4. The quantitative estimate of drug-likeness (QED) is 0.729. The molecular weight excluding hydrogens is 342 g/mol. The van der Waals surface area contributed by atoms with E-state index in [-0.39, 0.29) is 0 Å². The van der Waals surface area contributed by atoms with Crippen LogP contribution in [0.15, 0.2) is 54.6 Å². The van der Waals surface area contributed by atoms with Gasteiger partial charge in [0.1, 0.15) is 6.04 Å². The van der Waals surface area contributed by atoms with Crippen LogP contribution in [0.25, 0.3) is 10.9 Å². The highest BCUT2D eigenvalue weighted by Crippen LogP contribution is 2.26. The molecule has 27 heavy (non-hydrogen) atoms. The Labute approximate surface area is 155 Å². The van der Waals surface area contributed by atoms with Crippen molar-refractivity contribution in [2.75, 3.05) is 5.32 Å². The van der Waals surface area contributed by atoms with Crippen molar-refractivity contribution < 1.29 is 14.4 Å². The van der Waals surface area contributed by atoms with Crippen LogP contribution in [0.1, 0.15) is 33.3 Å². The summed E-state index contributed by atoms with van der Waals surface area (Å²) in [5.41, 5.74) is 2.69. The Morgan fingerprint density at radius 1 is 0.963 bits per heavy atom. The third-order valence-corrected chi connectivity index (χ3v) is 4.71. The van der Waals surface area contributed by atoms with Crippen LogP contribution in [0.4, 0.5) is 5.69 Å². The van der Waals surface area contributed by atoms with Crippen molar-refractivity contribution in [1.29, 1.82) is 0 Å². The standard InChI is InChI=1S/C21H17N3O3/c1-12-10-11-14-6-5-9-17(18(14)22-12)23-19(25)13(2)24-20(26)15-7-3-4-8-16(15)21(24)27/h3-11,13H,1-2H3,(H,23,25). The van der Waals surface area contributed by atoms with Gasteiger partial charge >= 0.3 is 0 Å². The molecule has 0 bridgehead atoms. The zero-order valence-corrected chi connectivity index (χ0v) is 14.9. The van der Waals surface area contributed by atoms with E-state index in [0.29, 0.717) is 22.3 Å². The number of imide groups is 1. The molecule has 1 atom stereocenters. The van der Waals surface area contributed by atoms with Gasteiger partial charge in [0.15, 0.2) is 0 Å². The molecule has 3 amide bonds. The lowest BCUT2D eigenvalue weighted by atomic mass is 10.1. The van der Waals surface area contributed by atoms with Crippen LogP contribution in [-0.4, -0.2) is 33.6 Å². The van der Waals surface area contributed by atoms with Crippen LogP contribution in [0.5, 0.6) is 0 Å². The summed E-state index contributed by atoms with van der Waals surface area (Å²) in [5, 5.41) is 3.70. The molecule has 4 rings (SSSR count). The molecule has 0 spiro atoms. The molecule has 0 saturated carbocycles. The molecule has 3 aromatic rings. The molecule has 0 saturated heterocycles. The topological polar surface area (TPSA) is 79.4 Å². The number of carbonyl (C=O) groups is 3. The lowest BCUT2D eigenvalue weighted by Crippen LogP contribution is -2.45. The molecule has 2 heterocycles. The predicted molar refractivity (Wildman–Crippen MR) is 102 cm³/mol. The molecule has 1 aromatic heterocycles. The van der Waals surface area contributed by atoms with Crippen LogP contribution in [-0.2, 0) is 4.79 Å². The lowest BCUT2D eigenvalue weighted by Gasteiger charge is -2.22. The Kier molecular flexibility index (Phi) is 3.96. The molecule has 2 aromatic carbocycles. The van der Waals surface area contributed by atoms with Gasteiger partial charge in [0.05, 0.1) is 22.3 Å². The molecule has 0 radical (unpaired) electrons. The summed E-state index contributed by atoms with van der Waals surface area (Å²) in [5.74, 6) is -1.35. The normalized spacial score (nSPS) is 14.4. The number of carbonyl (C=O) groups excluding carboxylic acids is 3. The molecule has 1 unspecified atom stereocenters. The molecule has 1 aliphatic rings. The Morgan fingerprint density at radius 3 is 2.30 bits per heavy atom. The minimum absolute atomic E-state index is 0.324. The summed E-state index contributed by atoms with van der Waals surface area (Å²) in [6.45, 7) is 3.42. The van der Waals surface area contributed by atoms with E-state index < -0.39 is 23.8 Å². The number of anilines is 1. The number of para-hydroxylation sites is 1. The Hall–Kier alpha value is -3.54. The van der Waals surface area contributed by atoms with E-state index in [1.807, 2.05) is 31.2 Å². The van der Waals surface area contributed by atoms with Gasteiger partial charge in [-0.3, -0.25) is 24.3 Å². The summed E-state index contributed by atoms with van der Waals surface area (Å²) >= 11 is 0. The molecule has 0 fully saturated rings. The zero-order chi connectivity index (χ0) is 19.1. The van der Waals surface area contributed by atoms with Gasteiger partial charge < -0.3 is 5.32 Å². The number of nitrogens with one attached hydrogen (secondary N) is 1. The van der Waals surface area contributed by atoms with Crippen LogP contribution in [0, 0.1) is 6.92 Å². The number of aromatic nitrogens is 1. The maximum Gasteiger partial charge on any atom is 0.262 e. The number of nitrogens with zero attached hydrogens (tertiary/aromatic N) is 2. The van der Waals surface area contributed by atoms with Gasteiger partial charge in [0, 0.05) is 11.1 Å². The number of benzene rings is 2. The molecule has 6 heteroatoms. The highest BCUT2D eigenvalue weighted by molar-refractivity contribution is 6.23. The van der Waals surface area contributed by atoms with Crippen molar-refractivity contribution in [3.8, 4) is 0 Å². The smallest absolute Gasteiger partial charge is 0.262 e. The Morgan fingerprint density at radius 2 is 1.63 bits per heavy atom. The van der Waals surface area contributed by atoms with E-state index in [4.69, 9.17) is 0 Å². The summed E-state index contributed by atoms with van der Waals surface area (Å²) in [4.78, 5) is 43.4. The van der Waals surface area contributed by atoms with Crippen molar-refractivity contribution in [3.63, 3.8) is 0 Å². The van der Waals surface area contributed by atoms with Crippen LogP contribution >= 0.6 is 0 Å². The third-order valence-electron chi connectivity index (χ3n) is 4.71. The minimum atomic E-state index is -0.947. The maximum absolute atomic E-state index is 12.8. The zero-order valence-electron chi connectivity index (χ0n) is 14.9. The maximum atomic E-state index is 12.8. The van der Waals surface area contributed by atoms with Gasteiger partial charge in [0.25, 0.3) is 11.8 Å². The molecule has 134 valence electrons. The number of hydrogen-bond donors (Lipinski definition) is 1. The second kappa shape index (κ2) is 6.32. The van der Waals surface area contributed by atoms with Crippen LogP contribution < -0.4 is 5.32 Å². The van der Waals surface area contributed by atoms with E-state index in [1.165, 1.54) is 0 Å². The second-order valence-corrected chi connectivity index (χ2v) is 6.52. The number of rotatable bonds is 3. The molecular formula is C21H17N3O3. The van der Waals surface area contributed by atoms with Gasteiger partial charge in [-0.25, -0.2) is 0 Å². The van der Waals surface area contributed by atoms with Gasteiger partial charge in [-0.1, -0.05) is 30.3 Å². The number of amides is 3. The lowest BCUT2D eigenvalue weighted by molar-refractivity contribution is -0.119. The highest BCUT2D eigenvalue weighted by atomic mass is 16.2. The average molecular weight is 359 g/mol. The van der Waals surface area contributed by atoms with Gasteiger partial charge in [-0.05, 0) is 38.1 Å². The molecule has 1 N–H and O–H groups in total. The van der Waals surface area contributed by atoms with E-state index >= 15 is 0 Å². The Bertz CT molecular complexity index is 1070. The molecule has 0 aliphatic carbocycles. The van der Waals surface area contributed by atoms with Crippen molar-refractivity contribution >= 4 is 34.3 Å². The van der Waals surface area contributed by atoms with E-state index in [1.54, 1.807) is 37.3 Å². The van der Waals surface area contributed by atoms with Gasteiger partial charge in [-0.15, -0.1) is 0 Å². The summed E-state index contributed by atoms with van der Waals surface area (Å²) in [6.07, 6.45) is 0. The first-order valence-electron chi connectivity index (χ1n) is 8.61. The number of pyridine rings is 1. The second-order valence-electron chi connectivity index (χ2n) is 6.52. The fourth-order valence-corrected chi connectivity index (χ4v) is 3.26. The first-order chi connectivity index (χ1) is 13.0. The van der Waals surface area contributed by atoms with Crippen molar-refractivity contribution in [2.24, 2.45) is 0 Å².